The van der Waals surface area contributed by atoms with E-state index in [9.17, 15) is 9.59 Å². The Morgan fingerprint density at radius 2 is 2.28 bits per heavy atom. The number of carbonyl (C=O) groups is 2. The Morgan fingerprint density at radius 3 is 3.00 bits per heavy atom. The van der Waals surface area contributed by atoms with Crippen molar-refractivity contribution in [3.63, 3.8) is 0 Å². The minimum absolute atomic E-state index is 0.0938. The van der Waals surface area contributed by atoms with E-state index in [-0.39, 0.29) is 18.9 Å². The lowest BCUT2D eigenvalue weighted by Gasteiger charge is -2.03. The summed E-state index contributed by atoms with van der Waals surface area (Å²) in [5, 5.41) is 18.5. The number of H-pyrrole nitrogens is 1. The molecule has 7 heteroatoms. The molecular formula is C11H12N4O3. The Bertz CT molecular complexity index is 605. The minimum Gasteiger partial charge on any atom is -0.481 e. The first kappa shape index (κ1) is 12.0. The molecule has 0 saturated carbocycles. The highest BCUT2D eigenvalue weighted by Gasteiger charge is 2.10. The van der Waals surface area contributed by atoms with Crippen LogP contribution in [0.3, 0.4) is 0 Å². The summed E-state index contributed by atoms with van der Waals surface area (Å²) in [6.07, 6.45) is 1.31. The van der Waals surface area contributed by atoms with Crippen LogP contribution in [0.25, 0.3) is 11.0 Å². The van der Waals surface area contributed by atoms with Crippen LogP contribution in [0.4, 0.5) is 0 Å². The number of nitrogens with zero attached hydrogens (tertiary/aromatic N) is 2. The number of aromatic amines is 1. The molecule has 7 nitrogen and oxygen atoms in total. The Hall–Kier alpha value is -2.44. The molecule has 0 saturated heterocycles. The Labute approximate surface area is 102 Å². The lowest BCUT2D eigenvalue weighted by atomic mass is 10.2. The molecular weight excluding hydrogens is 236 g/mol. The summed E-state index contributed by atoms with van der Waals surface area (Å²) in [5.74, 6) is -1.29. The fourth-order valence-corrected chi connectivity index (χ4v) is 1.53. The highest BCUT2D eigenvalue weighted by atomic mass is 16.4. The maximum absolute atomic E-state index is 11.7. The number of amides is 1. The van der Waals surface area contributed by atoms with E-state index in [0.29, 0.717) is 11.2 Å². The second-order valence-corrected chi connectivity index (χ2v) is 3.84. The first-order valence-corrected chi connectivity index (χ1v) is 5.38. The lowest BCUT2D eigenvalue weighted by Crippen LogP contribution is -2.26. The third-order valence-electron chi connectivity index (χ3n) is 2.49. The zero-order chi connectivity index (χ0) is 13.1. The molecule has 3 N–H and O–H groups in total. The average Bonchev–Trinajstić information content (AvgIpc) is 2.70. The molecule has 0 radical (unpaired) electrons. The molecule has 2 aromatic rings. The first-order valence-electron chi connectivity index (χ1n) is 5.38. The van der Waals surface area contributed by atoms with Crippen molar-refractivity contribution in [1.29, 1.82) is 0 Å². The molecule has 2 heterocycles. The van der Waals surface area contributed by atoms with E-state index in [0.717, 1.165) is 11.1 Å². The highest BCUT2D eigenvalue weighted by molar-refractivity contribution is 5.97. The summed E-state index contributed by atoms with van der Waals surface area (Å²) in [6, 6.07) is 1.68. The van der Waals surface area contributed by atoms with Crippen molar-refractivity contribution in [2.75, 3.05) is 6.54 Å². The van der Waals surface area contributed by atoms with Crippen LogP contribution >= 0.6 is 0 Å². The molecule has 0 fully saturated rings. The topological polar surface area (TPSA) is 108 Å². The summed E-state index contributed by atoms with van der Waals surface area (Å²) in [7, 11) is 0. The lowest BCUT2D eigenvalue weighted by molar-refractivity contribution is -0.136. The molecule has 18 heavy (non-hydrogen) atoms. The van der Waals surface area contributed by atoms with Gasteiger partial charge in [-0.05, 0) is 13.0 Å². The number of hydrogen-bond donors (Lipinski definition) is 3. The molecule has 0 spiro atoms. The molecule has 94 valence electrons. The van der Waals surface area contributed by atoms with Gasteiger partial charge in [0.25, 0.3) is 5.91 Å². The zero-order valence-electron chi connectivity index (χ0n) is 9.73. The Balaban J connectivity index is 2.12. The van der Waals surface area contributed by atoms with Crippen molar-refractivity contribution < 1.29 is 14.7 Å². The van der Waals surface area contributed by atoms with Crippen LogP contribution in [0.2, 0.25) is 0 Å². The normalized spacial score (nSPS) is 10.5. The molecule has 2 rings (SSSR count). The van der Waals surface area contributed by atoms with E-state index < -0.39 is 5.97 Å². The molecule has 1 amide bonds. The van der Waals surface area contributed by atoms with Crippen LogP contribution in [0.15, 0.2) is 12.3 Å². The molecule has 0 atom stereocenters. The summed E-state index contributed by atoms with van der Waals surface area (Å²) < 4.78 is 0. The number of fused-ring (bicyclic) bond motifs is 1. The molecule has 0 aliphatic rings. The zero-order valence-corrected chi connectivity index (χ0v) is 9.73. The maximum atomic E-state index is 11.7. The van der Waals surface area contributed by atoms with E-state index in [4.69, 9.17) is 5.11 Å². The van der Waals surface area contributed by atoms with Gasteiger partial charge in [-0.25, -0.2) is 4.98 Å². The van der Waals surface area contributed by atoms with Gasteiger partial charge in [0.15, 0.2) is 5.65 Å². The molecule has 0 bridgehead atoms. The van der Waals surface area contributed by atoms with Gasteiger partial charge in [-0.1, -0.05) is 0 Å². The van der Waals surface area contributed by atoms with Crippen molar-refractivity contribution in [2.24, 2.45) is 0 Å². The summed E-state index contributed by atoms with van der Waals surface area (Å²) in [5.41, 5.74) is 1.77. The molecule has 0 aliphatic heterocycles. The van der Waals surface area contributed by atoms with Crippen LogP contribution in [0.5, 0.6) is 0 Å². The predicted molar refractivity (Wildman–Crippen MR) is 63.2 cm³/mol. The van der Waals surface area contributed by atoms with Crippen LogP contribution < -0.4 is 5.32 Å². The number of carboxylic acid groups (broad SMARTS) is 1. The number of hydrogen-bond acceptors (Lipinski definition) is 4. The maximum Gasteiger partial charge on any atom is 0.305 e. The van der Waals surface area contributed by atoms with Gasteiger partial charge >= 0.3 is 5.97 Å². The fraction of sp³-hybridized carbons (Fsp3) is 0.273. The van der Waals surface area contributed by atoms with Crippen molar-refractivity contribution in [3.05, 3.63) is 23.5 Å². The largest absolute Gasteiger partial charge is 0.481 e. The standard InChI is InChI=1S/C11H12N4O3/c1-6-8-4-7(5-13-10(8)15-14-6)11(18)12-3-2-9(16)17/h4-5H,2-3H2,1H3,(H,12,18)(H,16,17)(H,13,14,15). The monoisotopic (exact) mass is 248 g/mol. The van der Waals surface area contributed by atoms with E-state index in [1.165, 1.54) is 6.20 Å². The Kier molecular flexibility index (Phi) is 3.22. The highest BCUT2D eigenvalue weighted by Crippen LogP contribution is 2.14. The molecule has 0 unspecified atom stereocenters. The van der Waals surface area contributed by atoms with Gasteiger partial charge < -0.3 is 10.4 Å². The van der Waals surface area contributed by atoms with Gasteiger partial charge in [0.1, 0.15) is 0 Å². The van der Waals surface area contributed by atoms with Crippen LogP contribution in [-0.4, -0.2) is 38.7 Å². The van der Waals surface area contributed by atoms with E-state index in [1.54, 1.807) is 6.07 Å². The number of pyridine rings is 1. The summed E-state index contributed by atoms with van der Waals surface area (Å²) in [6.45, 7) is 1.93. The van der Waals surface area contributed by atoms with Crippen LogP contribution in [0.1, 0.15) is 22.5 Å². The fourth-order valence-electron chi connectivity index (χ4n) is 1.53. The number of carbonyl (C=O) groups excluding carboxylic acids is 1. The van der Waals surface area contributed by atoms with Gasteiger partial charge in [0, 0.05) is 23.8 Å². The second-order valence-electron chi connectivity index (χ2n) is 3.84. The number of aromatic nitrogens is 3. The van der Waals surface area contributed by atoms with Crippen molar-refractivity contribution in [1.82, 2.24) is 20.5 Å². The van der Waals surface area contributed by atoms with Crippen molar-refractivity contribution in [2.45, 2.75) is 13.3 Å². The third-order valence-corrected chi connectivity index (χ3v) is 2.49. The quantitative estimate of drug-likeness (QED) is 0.729. The summed E-state index contributed by atoms with van der Waals surface area (Å²) in [4.78, 5) is 26.1. The predicted octanol–water partition coefficient (Wildman–Crippen LogP) is 0.471. The summed E-state index contributed by atoms with van der Waals surface area (Å²) >= 11 is 0. The van der Waals surface area contributed by atoms with E-state index >= 15 is 0 Å². The third kappa shape index (κ3) is 2.45. The van der Waals surface area contributed by atoms with Crippen LogP contribution in [-0.2, 0) is 4.79 Å². The van der Waals surface area contributed by atoms with Crippen molar-refractivity contribution in [3.8, 4) is 0 Å². The second kappa shape index (κ2) is 4.82. The number of aliphatic carboxylic acids is 1. The SMILES string of the molecule is Cc1[nH]nc2ncc(C(=O)NCCC(=O)O)cc12. The van der Waals surface area contributed by atoms with E-state index in [2.05, 4.69) is 20.5 Å². The minimum atomic E-state index is -0.949. The molecule has 0 aromatic carbocycles. The molecule has 0 aliphatic carbocycles. The number of rotatable bonds is 4. The average molecular weight is 248 g/mol. The van der Waals surface area contributed by atoms with Gasteiger partial charge in [-0.3, -0.25) is 14.7 Å². The number of aryl methyl sites for hydroxylation is 1. The van der Waals surface area contributed by atoms with Gasteiger partial charge in [-0.15, -0.1) is 0 Å². The number of carboxylic acids is 1. The van der Waals surface area contributed by atoms with E-state index in [1.807, 2.05) is 6.92 Å². The van der Waals surface area contributed by atoms with Crippen molar-refractivity contribution >= 4 is 22.9 Å². The van der Waals surface area contributed by atoms with Gasteiger partial charge in [0.05, 0.1) is 12.0 Å². The Morgan fingerprint density at radius 1 is 1.50 bits per heavy atom. The van der Waals surface area contributed by atoms with Gasteiger partial charge in [0.2, 0.25) is 0 Å². The number of nitrogens with one attached hydrogen (secondary N) is 2. The molecule has 2 aromatic heterocycles. The smallest absolute Gasteiger partial charge is 0.305 e. The van der Waals surface area contributed by atoms with Gasteiger partial charge in [-0.2, -0.15) is 5.10 Å². The van der Waals surface area contributed by atoms with Crippen LogP contribution in [0, 0.1) is 6.92 Å². The first-order chi connectivity index (χ1) is 8.58.